The maximum absolute atomic E-state index is 13.4. The SMILES string of the molecule is CCCNC(=O)[C@@H]1[C@@H]2CCC3(S2)C(C(=O)NC(C)C)N(CCCCO)C(=O)[C@H]13. The minimum atomic E-state index is -0.537. The van der Waals surface area contributed by atoms with Crippen LogP contribution in [-0.2, 0) is 14.4 Å². The molecule has 3 heterocycles. The molecule has 0 radical (unpaired) electrons. The van der Waals surface area contributed by atoms with Crippen LogP contribution >= 0.6 is 11.8 Å². The molecule has 3 fully saturated rings. The number of hydrogen-bond acceptors (Lipinski definition) is 5. The van der Waals surface area contributed by atoms with Gasteiger partial charge >= 0.3 is 0 Å². The predicted octanol–water partition coefficient (Wildman–Crippen LogP) is 0.901. The van der Waals surface area contributed by atoms with Crippen molar-refractivity contribution in [2.75, 3.05) is 19.7 Å². The molecule has 0 aromatic heterocycles. The van der Waals surface area contributed by atoms with Crippen LogP contribution in [0.2, 0.25) is 0 Å². The van der Waals surface area contributed by atoms with Crippen molar-refractivity contribution in [2.24, 2.45) is 11.8 Å². The van der Waals surface area contributed by atoms with Crippen LogP contribution in [0.15, 0.2) is 0 Å². The van der Waals surface area contributed by atoms with Crippen LogP contribution in [0.5, 0.6) is 0 Å². The van der Waals surface area contributed by atoms with E-state index in [0.29, 0.717) is 25.9 Å². The molecule has 0 aromatic rings. The monoisotopic (exact) mass is 411 g/mol. The number of unbranched alkanes of at least 4 members (excludes halogenated alkanes) is 1. The largest absolute Gasteiger partial charge is 0.396 e. The van der Waals surface area contributed by atoms with Gasteiger partial charge in [-0.1, -0.05) is 6.92 Å². The Morgan fingerprint density at radius 1 is 1.32 bits per heavy atom. The number of aliphatic hydroxyl groups is 1. The van der Waals surface area contributed by atoms with Crippen LogP contribution < -0.4 is 10.6 Å². The smallest absolute Gasteiger partial charge is 0.244 e. The van der Waals surface area contributed by atoms with Gasteiger partial charge in [0.15, 0.2) is 0 Å². The van der Waals surface area contributed by atoms with Crippen molar-refractivity contribution in [3.05, 3.63) is 0 Å². The van der Waals surface area contributed by atoms with E-state index in [4.69, 9.17) is 5.11 Å². The molecule has 7 nitrogen and oxygen atoms in total. The highest BCUT2D eigenvalue weighted by atomic mass is 32.2. The third kappa shape index (κ3) is 3.54. The Labute approximate surface area is 171 Å². The quantitative estimate of drug-likeness (QED) is 0.490. The lowest BCUT2D eigenvalue weighted by molar-refractivity contribution is -0.140. The molecule has 28 heavy (non-hydrogen) atoms. The number of amides is 3. The van der Waals surface area contributed by atoms with E-state index in [-0.39, 0.29) is 41.5 Å². The lowest BCUT2D eigenvalue weighted by Crippen LogP contribution is -2.55. The summed E-state index contributed by atoms with van der Waals surface area (Å²) in [4.78, 5) is 41.2. The van der Waals surface area contributed by atoms with Crippen LogP contribution in [0.3, 0.4) is 0 Å². The van der Waals surface area contributed by atoms with Gasteiger partial charge in [0.25, 0.3) is 0 Å². The Balaban J connectivity index is 1.91. The molecule has 3 aliphatic rings. The normalized spacial score (nSPS) is 33.5. The minimum absolute atomic E-state index is 0.00963. The number of fused-ring (bicyclic) bond motifs is 1. The van der Waals surface area contributed by atoms with Crippen molar-refractivity contribution in [3.63, 3.8) is 0 Å². The van der Waals surface area contributed by atoms with E-state index in [1.165, 1.54) is 0 Å². The van der Waals surface area contributed by atoms with Crippen molar-refractivity contribution in [1.82, 2.24) is 15.5 Å². The molecule has 3 amide bonds. The number of carbonyl (C=O) groups excluding carboxylic acids is 3. The van der Waals surface area contributed by atoms with Crippen molar-refractivity contribution >= 4 is 29.5 Å². The topological polar surface area (TPSA) is 98.7 Å². The number of hydrogen-bond donors (Lipinski definition) is 3. The molecule has 158 valence electrons. The summed E-state index contributed by atoms with van der Waals surface area (Å²) in [7, 11) is 0. The first kappa shape index (κ1) is 21.4. The van der Waals surface area contributed by atoms with E-state index in [0.717, 1.165) is 19.3 Å². The van der Waals surface area contributed by atoms with Gasteiger partial charge in [-0.3, -0.25) is 14.4 Å². The molecule has 3 rings (SSSR count). The molecule has 5 atom stereocenters. The second-order valence-electron chi connectivity index (χ2n) is 8.47. The Kier molecular flexibility index (Phi) is 6.59. The first-order chi connectivity index (χ1) is 13.4. The number of rotatable bonds is 9. The molecule has 0 aromatic carbocycles. The zero-order chi connectivity index (χ0) is 20.5. The average Bonchev–Trinajstić information content (AvgIpc) is 3.27. The molecule has 2 bridgehead atoms. The summed E-state index contributed by atoms with van der Waals surface area (Å²) in [5, 5.41) is 15.2. The fraction of sp³-hybridized carbons (Fsp3) is 0.850. The summed E-state index contributed by atoms with van der Waals surface area (Å²) in [6.07, 6.45) is 3.76. The summed E-state index contributed by atoms with van der Waals surface area (Å²) in [6, 6.07) is -0.547. The molecule has 3 N–H and O–H groups in total. The third-order valence-electron chi connectivity index (χ3n) is 6.14. The molecule has 8 heteroatoms. The molecule has 1 spiro atoms. The number of nitrogens with one attached hydrogen (secondary N) is 2. The molecule has 0 saturated carbocycles. The van der Waals surface area contributed by atoms with Gasteiger partial charge in [0.1, 0.15) is 6.04 Å². The second kappa shape index (κ2) is 8.61. The summed E-state index contributed by atoms with van der Waals surface area (Å²) in [5.41, 5.74) is 0. The van der Waals surface area contributed by atoms with Gasteiger partial charge in [-0.15, -0.1) is 11.8 Å². The van der Waals surface area contributed by atoms with E-state index in [9.17, 15) is 14.4 Å². The lowest BCUT2D eigenvalue weighted by atomic mass is 9.70. The van der Waals surface area contributed by atoms with Gasteiger partial charge in [-0.25, -0.2) is 0 Å². The Bertz CT molecular complexity index is 629. The fourth-order valence-electron chi connectivity index (χ4n) is 5.12. The first-order valence-electron chi connectivity index (χ1n) is 10.5. The number of carbonyl (C=O) groups is 3. The second-order valence-corrected chi connectivity index (χ2v) is 10.1. The van der Waals surface area contributed by atoms with Crippen LogP contribution in [0.1, 0.15) is 52.9 Å². The zero-order valence-electron chi connectivity index (χ0n) is 17.1. The minimum Gasteiger partial charge on any atom is -0.396 e. The number of aliphatic hydroxyl groups excluding tert-OH is 1. The highest BCUT2D eigenvalue weighted by molar-refractivity contribution is 8.02. The van der Waals surface area contributed by atoms with Crippen LogP contribution in [0.25, 0.3) is 0 Å². The number of likely N-dealkylation sites (tertiary alicyclic amines) is 1. The molecule has 3 aliphatic heterocycles. The van der Waals surface area contributed by atoms with Gasteiger partial charge in [0.05, 0.1) is 16.6 Å². The van der Waals surface area contributed by atoms with E-state index < -0.39 is 16.7 Å². The summed E-state index contributed by atoms with van der Waals surface area (Å²) < 4.78 is -0.506. The van der Waals surface area contributed by atoms with Crippen LogP contribution in [0, 0.1) is 11.8 Å². The highest BCUT2D eigenvalue weighted by Crippen LogP contribution is 2.66. The van der Waals surface area contributed by atoms with Gasteiger partial charge in [0, 0.05) is 31.0 Å². The first-order valence-corrected chi connectivity index (χ1v) is 11.4. The molecule has 3 saturated heterocycles. The zero-order valence-corrected chi connectivity index (χ0v) is 17.9. The van der Waals surface area contributed by atoms with E-state index >= 15 is 0 Å². The van der Waals surface area contributed by atoms with E-state index in [1.54, 1.807) is 16.7 Å². The van der Waals surface area contributed by atoms with Gasteiger partial charge in [-0.2, -0.15) is 0 Å². The Morgan fingerprint density at radius 3 is 2.71 bits per heavy atom. The average molecular weight is 412 g/mol. The van der Waals surface area contributed by atoms with Crippen molar-refractivity contribution < 1.29 is 19.5 Å². The van der Waals surface area contributed by atoms with Gasteiger partial charge in [-0.05, 0) is 46.0 Å². The standard InChI is InChI=1S/C20H33N3O4S/c1-4-9-21-17(25)14-13-7-8-20(28-13)15(14)19(27)23(10-5-6-11-24)16(20)18(26)22-12(2)3/h12-16,24H,4-11H2,1-3H3,(H,21,25)(H,22,26)/t13-,14+,15-,16?,20?/m0/s1. The highest BCUT2D eigenvalue weighted by Gasteiger charge is 2.73. The predicted molar refractivity (Wildman–Crippen MR) is 109 cm³/mol. The molecule has 0 aliphatic carbocycles. The summed E-state index contributed by atoms with van der Waals surface area (Å²) in [6.45, 7) is 6.96. The van der Waals surface area contributed by atoms with E-state index in [1.807, 2.05) is 20.8 Å². The number of thioether (sulfide) groups is 1. The van der Waals surface area contributed by atoms with Gasteiger partial charge < -0.3 is 20.6 Å². The number of nitrogens with zero attached hydrogens (tertiary/aromatic N) is 1. The van der Waals surface area contributed by atoms with Crippen molar-refractivity contribution in [1.29, 1.82) is 0 Å². The molecular formula is C20H33N3O4S. The van der Waals surface area contributed by atoms with Crippen molar-refractivity contribution in [3.8, 4) is 0 Å². The van der Waals surface area contributed by atoms with Crippen LogP contribution in [0.4, 0.5) is 0 Å². The molecular weight excluding hydrogens is 378 g/mol. The summed E-state index contributed by atoms with van der Waals surface area (Å²) in [5.74, 6) is -0.995. The lowest BCUT2D eigenvalue weighted by Gasteiger charge is -2.34. The third-order valence-corrected chi connectivity index (χ3v) is 8.09. The Morgan fingerprint density at radius 2 is 2.07 bits per heavy atom. The van der Waals surface area contributed by atoms with Gasteiger partial charge in [0.2, 0.25) is 17.7 Å². The fourth-order valence-corrected chi connectivity index (χ4v) is 7.34. The maximum Gasteiger partial charge on any atom is 0.244 e. The van der Waals surface area contributed by atoms with E-state index in [2.05, 4.69) is 10.6 Å². The molecule has 2 unspecified atom stereocenters. The Hall–Kier alpha value is -1.28. The summed E-state index contributed by atoms with van der Waals surface area (Å²) >= 11 is 1.70. The van der Waals surface area contributed by atoms with Crippen LogP contribution in [-0.4, -0.2) is 69.5 Å². The van der Waals surface area contributed by atoms with Crippen molar-refractivity contribution in [2.45, 2.75) is 75.0 Å². The maximum atomic E-state index is 13.4.